The summed E-state index contributed by atoms with van der Waals surface area (Å²) in [5, 5.41) is 41.3. The van der Waals surface area contributed by atoms with Crippen LogP contribution in [0.1, 0.15) is 23.7 Å². The van der Waals surface area contributed by atoms with Crippen LogP contribution in [0.15, 0.2) is 48.8 Å². The van der Waals surface area contributed by atoms with Crippen LogP contribution < -0.4 is 0 Å². The molecule has 1 aromatic carbocycles. The lowest BCUT2D eigenvalue weighted by Crippen LogP contribution is -2.60. The average Bonchev–Trinajstić information content (AvgIpc) is 3.28. The summed E-state index contributed by atoms with van der Waals surface area (Å²) in [6.07, 6.45) is -3.53. The van der Waals surface area contributed by atoms with Crippen LogP contribution >= 0.6 is 0 Å². The molecule has 4 aliphatic rings. The summed E-state index contributed by atoms with van der Waals surface area (Å²) in [4.78, 5) is 19.0. The van der Waals surface area contributed by atoms with Crippen molar-refractivity contribution in [3.05, 3.63) is 60.0 Å². The van der Waals surface area contributed by atoms with Crippen LogP contribution in [-0.4, -0.2) is 86.4 Å². The van der Waals surface area contributed by atoms with Crippen LogP contribution in [0.3, 0.4) is 0 Å². The zero-order valence-electron chi connectivity index (χ0n) is 19.6. The van der Waals surface area contributed by atoms with Crippen molar-refractivity contribution < 1.29 is 39.4 Å². The van der Waals surface area contributed by atoms with Gasteiger partial charge in [-0.25, -0.2) is 0 Å². The van der Waals surface area contributed by atoms with Crippen LogP contribution in [0.4, 0.5) is 0 Å². The van der Waals surface area contributed by atoms with Gasteiger partial charge in [0.1, 0.15) is 24.4 Å². The highest BCUT2D eigenvalue weighted by Gasteiger charge is 2.51. The number of H-pyrrole nitrogens is 1. The van der Waals surface area contributed by atoms with Gasteiger partial charge in [-0.2, -0.15) is 0 Å². The van der Waals surface area contributed by atoms with E-state index in [2.05, 4.69) is 17.6 Å². The lowest BCUT2D eigenvalue weighted by Gasteiger charge is -2.48. The number of para-hydroxylation sites is 1. The largest absolute Gasteiger partial charge is 0.471 e. The molecule has 5 heterocycles. The molecule has 0 radical (unpaired) electrons. The Bertz CT molecular complexity index is 1210. The van der Waals surface area contributed by atoms with Gasteiger partial charge < -0.3 is 44.5 Å². The van der Waals surface area contributed by atoms with Crippen molar-refractivity contribution in [2.24, 2.45) is 11.8 Å². The fourth-order valence-corrected chi connectivity index (χ4v) is 6.13. The fourth-order valence-electron chi connectivity index (χ4n) is 6.13. The molecule has 2 saturated heterocycles. The maximum atomic E-state index is 13.5. The zero-order chi connectivity index (χ0) is 25.1. The van der Waals surface area contributed by atoms with Crippen LogP contribution in [-0.2, 0) is 25.4 Å². The summed E-state index contributed by atoms with van der Waals surface area (Å²) >= 11 is 0. The minimum Gasteiger partial charge on any atom is -0.471 e. The molecule has 1 amide bonds. The number of hydrogen-bond acceptors (Lipinski definition) is 8. The first-order valence-electron chi connectivity index (χ1n) is 12.3. The Hall–Kier alpha value is -2.73. The third-order valence-electron chi connectivity index (χ3n) is 8.04. The Morgan fingerprint density at radius 3 is 2.75 bits per heavy atom. The third-order valence-corrected chi connectivity index (χ3v) is 8.04. The lowest BCUT2D eigenvalue weighted by molar-refractivity contribution is -0.339. The van der Waals surface area contributed by atoms with Crippen molar-refractivity contribution in [2.75, 3.05) is 13.2 Å². The van der Waals surface area contributed by atoms with E-state index in [4.69, 9.17) is 14.2 Å². The van der Waals surface area contributed by atoms with E-state index >= 15 is 0 Å². The smallest absolute Gasteiger partial charge is 0.253 e. The van der Waals surface area contributed by atoms with Gasteiger partial charge in [0.25, 0.3) is 5.91 Å². The average molecular weight is 499 g/mol. The monoisotopic (exact) mass is 498 g/mol. The molecule has 0 bridgehead atoms. The molecule has 9 atom stereocenters. The molecule has 1 aromatic heterocycles. The van der Waals surface area contributed by atoms with Crippen LogP contribution in [0.5, 0.6) is 0 Å². The summed E-state index contributed by atoms with van der Waals surface area (Å²) in [5.41, 5.74) is 3.89. The molecule has 0 spiro atoms. The quantitative estimate of drug-likeness (QED) is 0.383. The second-order valence-electron chi connectivity index (χ2n) is 9.89. The number of aliphatic hydroxyl groups is 4. The normalized spacial score (nSPS) is 38.0. The number of hydrogen-bond donors (Lipinski definition) is 5. The molecule has 2 fully saturated rings. The molecular formula is C26H30N2O8. The number of rotatable bonds is 4. The number of aromatic amines is 1. The first kappa shape index (κ1) is 23.7. The van der Waals surface area contributed by atoms with Crippen molar-refractivity contribution in [1.82, 2.24) is 9.88 Å². The Morgan fingerprint density at radius 1 is 1.17 bits per heavy atom. The van der Waals surface area contributed by atoms with E-state index in [9.17, 15) is 25.2 Å². The van der Waals surface area contributed by atoms with Crippen molar-refractivity contribution in [1.29, 1.82) is 0 Å². The maximum Gasteiger partial charge on any atom is 0.253 e. The van der Waals surface area contributed by atoms with Gasteiger partial charge in [0.15, 0.2) is 6.29 Å². The number of nitrogens with one attached hydrogen (secondary N) is 1. The fraction of sp³-hybridized carbons (Fsp3) is 0.500. The summed E-state index contributed by atoms with van der Waals surface area (Å²) in [6, 6.07) is 8.01. The SMILES string of the molecule is C=CC1C(O[C@@H]2O[C@H](CO)[C@@H](O)[C@@H](O)[C@H]2O)OC=C2C(=O)N3CCc4c([nH]c5ccccc45)[C@H]3C[C@@H]21. The number of fused-ring (bicyclic) bond motifs is 6. The summed E-state index contributed by atoms with van der Waals surface area (Å²) in [7, 11) is 0. The first-order chi connectivity index (χ1) is 17.4. The zero-order valence-corrected chi connectivity index (χ0v) is 19.6. The molecule has 2 aromatic rings. The number of aromatic nitrogens is 1. The van der Waals surface area contributed by atoms with Gasteiger partial charge in [0.2, 0.25) is 6.29 Å². The first-order valence-corrected chi connectivity index (χ1v) is 12.3. The van der Waals surface area contributed by atoms with E-state index in [1.54, 1.807) is 6.08 Å². The number of amides is 1. The minimum absolute atomic E-state index is 0.0845. The second-order valence-corrected chi connectivity index (χ2v) is 9.89. The number of benzene rings is 1. The van der Waals surface area contributed by atoms with Gasteiger partial charge in [0.05, 0.1) is 24.5 Å². The highest BCUT2D eigenvalue weighted by molar-refractivity contribution is 5.96. The van der Waals surface area contributed by atoms with Crippen molar-refractivity contribution in [3.8, 4) is 0 Å². The molecule has 192 valence electrons. The molecular weight excluding hydrogens is 468 g/mol. The predicted molar refractivity (Wildman–Crippen MR) is 126 cm³/mol. The van der Waals surface area contributed by atoms with Crippen molar-refractivity contribution in [3.63, 3.8) is 0 Å². The number of piperidine rings is 1. The summed E-state index contributed by atoms with van der Waals surface area (Å²) in [5.74, 6) is -0.783. The third kappa shape index (κ3) is 3.52. The molecule has 0 aliphatic carbocycles. The number of ether oxygens (including phenoxy) is 3. The number of aliphatic hydroxyl groups excluding tert-OH is 4. The van der Waals surface area contributed by atoms with Crippen LogP contribution in [0.2, 0.25) is 0 Å². The second kappa shape index (κ2) is 8.98. The van der Waals surface area contributed by atoms with Gasteiger partial charge in [-0.05, 0) is 24.5 Å². The highest BCUT2D eigenvalue weighted by Crippen LogP contribution is 2.48. The summed E-state index contributed by atoms with van der Waals surface area (Å²) in [6.45, 7) is 4.01. The van der Waals surface area contributed by atoms with E-state index in [0.29, 0.717) is 18.5 Å². The number of carbonyl (C=O) groups excluding carboxylic acids is 1. The Morgan fingerprint density at radius 2 is 1.97 bits per heavy atom. The van der Waals surface area contributed by atoms with Crippen LogP contribution in [0, 0.1) is 11.8 Å². The van der Waals surface area contributed by atoms with Gasteiger partial charge in [-0.15, -0.1) is 6.58 Å². The standard InChI is InChI=1S/C26H30N2O8/c1-2-12-15-9-18-20-14(13-5-3-4-6-17(13)27-20)7-8-28(18)24(33)16(15)11-34-25(12)36-26-23(32)22(31)21(30)19(10-29)35-26/h2-6,11-12,15,18-19,21-23,25-27,29-32H,1,7-10H2/t12?,15-,18-,19-,21-,22-,23-,25?,26+/m1/s1. The number of nitrogens with zero attached hydrogens (tertiary/aromatic N) is 1. The van der Waals surface area contributed by atoms with Gasteiger partial charge in [-0.1, -0.05) is 24.3 Å². The van der Waals surface area contributed by atoms with Gasteiger partial charge >= 0.3 is 0 Å². The Labute approximate surface area is 207 Å². The molecule has 36 heavy (non-hydrogen) atoms. The Balaban J connectivity index is 1.28. The lowest BCUT2D eigenvalue weighted by atomic mass is 9.74. The van der Waals surface area contributed by atoms with E-state index in [1.807, 2.05) is 23.1 Å². The van der Waals surface area contributed by atoms with E-state index in [-0.39, 0.29) is 17.9 Å². The molecule has 4 aliphatic heterocycles. The van der Waals surface area contributed by atoms with Gasteiger partial charge in [-0.3, -0.25) is 4.79 Å². The van der Waals surface area contributed by atoms with Crippen molar-refractivity contribution in [2.45, 2.75) is 55.9 Å². The van der Waals surface area contributed by atoms with E-state index < -0.39 is 49.5 Å². The maximum absolute atomic E-state index is 13.5. The Kier molecular flexibility index (Phi) is 5.90. The minimum atomic E-state index is -1.56. The van der Waals surface area contributed by atoms with Crippen LogP contribution in [0.25, 0.3) is 10.9 Å². The van der Waals surface area contributed by atoms with Crippen molar-refractivity contribution >= 4 is 16.8 Å². The topological polar surface area (TPSA) is 145 Å². The van der Waals surface area contributed by atoms with E-state index in [1.165, 1.54) is 17.2 Å². The molecule has 2 unspecified atom stereocenters. The molecule has 6 rings (SSSR count). The summed E-state index contributed by atoms with van der Waals surface area (Å²) < 4.78 is 17.2. The number of carbonyl (C=O) groups is 1. The molecule has 10 heteroatoms. The van der Waals surface area contributed by atoms with E-state index in [0.717, 1.165) is 17.6 Å². The molecule has 5 N–H and O–H groups in total. The highest BCUT2D eigenvalue weighted by atomic mass is 16.8. The molecule has 0 saturated carbocycles. The molecule has 10 nitrogen and oxygen atoms in total. The predicted octanol–water partition coefficient (Wildman–Crippen LogP) is 0.473. The van der Waals surface area contributed by atoms with Gasteiger partial charge in [0, 0.05) is 35.0 Å².